The van der Waals surface area contributed by atoms with E-state index in [0.29, 0.717) is 32.6 Å². The smallest absolute Gasteiger partial charge is 0.243 e. The summed E-state index contributed by atoms with van der Waals surface area (Å²) in [5.74, 6) is -1.28. The maximum atomic E-state index is 13.3. The number of hydrogen-bond donors (Lipinski definition) is 1. The predicted octanol–water partition coefficient (Wildman–Crippen LogP) is 1.53. The number of nitrogens with zero attached hydrogens (tertiary/aromatic N) is 1. The molecular weight excluding hydrogens is 339 g/mol. The average molecular weight is 362 g/mol. The molecule has 2 aliphatic rings. The second-order valence-corrected chi connectivity index (χ2v) is 6.95. The van der Waals surface area contributed by atoms with Gasteiger partial charge in [-0.15, -0.1) is 0 Å². The summed E-state index contributed by atoms with van der Waals surface area (Å²) in [7, 11) is 0. The molecule has 26 heavy (non-hydrogen) atoms. The average Bonchev–Trinajstić information content (AvgIpc) is 2.99. The monoisotopic (exact) mass is 362 g/mol. The number of benzene rings is 1. The van der Waals surface area contributed by atoms with E-state index < -0.39 is 6.04 Å². The first-order valence-electron chi connectivity index (χ1n) is 8.89. The van der Waals surface area contributed by atoms with Crippen molar-refractivity contribution in [2.45, 2.75) is 44.1 Å². The number of amides is 3. The first-order chi connectivity index (χ1) is 12.4. The molecular formula is C19H23FN2O4. The van der Waals surface area contributed by atoms with E-state index >= 15 is 0 Å². The maximum Gasteiger partial charge on any atom is 0.243 e. The summed E-state index contributed by atoms with van der Waals surface area (Å²) in [5.41, 5.74) is 0.601. The summed E-state index contributed by atoms with van der Waals surface area (Å²) in [6.07, 6.45) is 1.73. The van der Waals surface area contributed by atoms with Gasteiger partial charge in [0.2, 0.25) is 17.7 Å². The molecule has 0 aromatic heterocycles. The molecule has 0 aliphatic carbocycles. The number of rotatable bonds is 5. The number of carbonyl (C=O) groups excluding carboxylic acids is 3. The van der Waals surface area contributed by atoms with Crippen molar-refractivity contribution < 1.29 is 23.5 Å². The molecule has 1 N–H and O–H groups in total. The molecule has 6 nitrogen and oxygen atoms in total. The molecule has 1 aromatic rings. The van der Waals surface area contributed by atoms with Crippen molar-refractivity contribution in [2.24, 2.45) is 0 Å². The van der Waals surface area contributed by atoms with Crippen LogP contribution in [0.15, 0.2) is 24.3 Å². The number of nitrogens with one attached hydrogen (secondary N) is 1. The van der Waals surface area contributed by atoms with E-state index in [0.717, 1.165) is 10.5 Å². The first kappa shape index (κ1) is 18.5. The fraction of sp³-hybridized carbons (Fsp3) is 0.526. The Morgan fingerprint density at radius 1 is 1.19 bits per heavy atom. The van der Waals surface area contributed by atoms with E-state index in [-0.39, 0.29) is 41.8 Å². The zero-order valence-corrected chi connectivity index (χ0v) is 14.8. The zero-order chi connectivity index (χ0) is 18.7. The Hall–Kier alpha value is -2.28. The minimum Gasteiger partial charge on any atom is -0.381 e. The molecule has 7 heteroatoms. The highest BCUT2D eigenvalue weighted by Crippen LogP contribution is 2.34. The number of carbonyl (C=O) groups is 3. The molecule has 2 saturated heterocycles. The topological polar surface area (TPSA) is 75.7 Å². The number of ether oxygens (including phenoxy) is 1. The standard InChI is InChI=1S/C19H23FN2O4/c1-13(22-16(23)6-7-17(22)24)18(25)21-12-19(8-10-26-11-9-19)14-2-4-15(20)5-3-14/h2-5,13H,6-12H2,1H3,(H,21,25)/t13-/m1/s1. The Morgan fingerprint density at radius 2 is 1.77 bits per heavy atom. The SMILES string of the molecule is C[C@H](C(=O)NCC1(c2ccc(F)cc2)CCOCC1)N1C(=O)CCC1=O. The summed E-state index contributed by atoms with van der Waals surface area (Å²) < 4.78 is 18.7. The summed E-state index contributed by atoms with van der Waals surface area (Å²) in [5, 5.41) is 2.89. The Kier molecular flexibility index (Phi) is 5.36. The molecule has 0 spiro atoms. The van der Waals surface area contributed by atoms with Crippen molar-refractivity contribution in [1.29, 1.82) is 0 Å². The second kappa shape index (κ2) is 7.53. The van der Waals surface area contributed by atoms with E-state index in [4.69, 9.17) is 4.74 Å². The third-order valence-electron chi connectivity index (χ3n) is 5.36. The lowest BCUT2D eigenvalue weighted by Crippen LogP contribution is -2.51. The third-order valence-corrected chi connectivity index (χ3v) is 5.36. The van der Waals surface area contributed by atoms with Crippen LogP contribution in [0.1, 0.15) is 38.2 Å². The third kappa shape index (κ3) is 3.62. The van der Waals surface area contributed by atoms with Gasteiger partial charge in [0, 0.05) is 38.0 Å². The predicted molar refractivity (Wildman–Crippen MR) is 91.7 cm³/mol. The van der Waals surface area contributed by atoms with Gasteiger partial charge in [-0.2, -0.15) is 0 Å². The normalized spacial score (nSPS) is 20.9. The highest BCUT2D eigenvalue weighted by Gasteiger charge is 2.38. The maximum absolute atomic E-state index is 13.3. The summed E-state index contributed by atoms with van der Waals surface area (Å²) >= 11 is 0. The molecule has 0 bridgehead atoms. The fourth-order valence-corrected chi connectivity index (χ4v) is 3.68. The van der Waals surface area contributed by atoms with E-state index in [1.165, 1.54) is 12.1 Å². The van der Waals surface area contributed by atoms with Crippen LogP contribution < -0.4 is 5.32 Å². The largest absolute Gasteiger partial charge is 0.381 e. The molecule has 0 radical (unpaired) electrons. The summed E-state index contributed by atoms with van der Waals surface area (Å²) in [4.78, 5) is 37.2. The lowest BCUT2D eigenvalue weighted by molar-refractivity contribution is -0.146. The Labute approximate surface area is 151 Å². The van der Waals surface area contributed by atoms with Crippen LogP contribution in [0.25, 0.3) is 0 Å². The minimum absolute atomic E-state index is 0.160. The zero-order valence-electron chi connectivity index (χ0n) is 14.8. The van der Waals surface area contributed by atoms with E-state index in [1.807, 2.05) is 0 Å². The van der Waals surface area contributed by atoms with Crippen molar-refractivity contribution >= 4 is 17.7 Å². The number of hydrogen-bond acceptors (Lipinski definition) is 4. The molecule has 0 saturated carbocycles. The lowest BCUT2D eigenvalue weighted by Gasteiger charge is -2.38. The Morgan fingerprint density at radius 3 is 2.35 bits per heavy atom. The highest BCUT2D eigenvalue weighted by atomic mass is 19.1. The quantitative estimate of drug-likeness (QED) is 0.806. The van der Waals surface area contributed by atoms with Gasteiger partial charge >= 0.3 is 0 Å². The van der Waals surface area contributed by atoms with Crippen molar-refractivity contribution in [2.75, 3.05) is 19.8 Å². The van der Waals surface area contributed by atoms with Gasteiger partial charge in [-0.3, -0.25) is 19.3 Å². The van der Waals surface area contributed by atoms with Crippen molar-refractivity contribution in [3.8, 4) is 0 Å². The van der Waals surface area contributed by atoms with Crippen molar-refractivity contribution in [1.82, 2.24) is 10.2 Å². The Balaban J connectivity index is 1.71. The fourth-order valence-electron chi connectivity index (χ4n) is 3.68. The van der Waals surface area contributed by atoms with Gasteiger partial charge in [0.15, 0.2) is 0 Å². The summed E-state index contributed by atoms with van der Waals surface area (Å²) in [6.45, 7) is 3.03. The molecule has 2 heterocycles. The van der Waals surface area contributed by atoms with E-state index in [9.17, 15) is 18.8 Å². The van der Waals surface area contributed by atoms with Crippen molar-refractivity contribution in [3.05, 3.63) is 35.6 Å². The van der Waals surface area contributed by atoms with Crippen LogP contribution in [0.5, 0.6) is 0 Å². The number of imide groups is 1. The lowest BCUT2D eigenvalue weighted by atomic mass is 9.74. The van der Waals surface area contributed by atoms with Crippen LogP contribution in [0.2, 0.25) is 0 Å². The van der Waals surface area contributed by atoms with Crippen LogP contribution in [0.4, 0.5) is 4.39 Å². The number of likely N-dealkylation sites (tertiary alicyclic amines) is 1. The van der Waals surface area contributed by atoms with E-state index in [1.54, 1.807) is 19.1 Å². The minimum atomic E-state index is -0.831. The summed E-state index contributed by atoms with van der Waals surface area (Å²) in [6, 6.07) is 5.48. The van der Waals surface area contributed by atoms with E-state index in [2.05, 4.69) is 5.32 Å². The molecule has 1 aromatic carbocycles. The second-order valence-electron chi connectivity index (χ2n) is 6.95. The van der Waals surface area contributed by atoms with Gasteiger partial charge in [-0.25, -0.2) is 4.39 Å². The molecule has 1 atom stereocenters. The molecule has 3 amide bonds. The van der Waals surface area contributed by atoms with Gasteiger partial charge in [0.25, 0.3) is 0 Å². The Bertz CT molecular complexity index is 682. The molecule has 0 unspecified atom stereocenters. The molecule has 140 valence electrons. The highest BCUT2D eigenvalue weighted by molar-refractivity contribution is 6.05. The van der Waals surface area contributed by atoms with Crippen LogP contribution in [0.3, 0.4) is 0 Å². The van der Waals surface area contributed by atoms with Crippen LogP contribution in [-0.4, -0.2) is 48.4 Å². The van der Waals surface area contributed by atoms with Crippen LogP contribution in [-0.2, 0) is 24.5 Å². The van der Waals surface area contributed by atoms with Gasteiger partial charge in [-0.1, -0.05) is 12.1 Å². The molecule has 3 rings (SSSR count). The van der Waals surface area contributed by atoms with Gasteiger partial charge in [0.05, 0.1) is 0 Å². The molecule has 2 fully saturated rings. The van der Waals surface area contributed by atoms with Gasteiger partial charge < -0.3 is 10.1 Å². The molecule has 2 aliphatic heterocycles. The van der Waals surface area contributed by atoms with Crippen molar-refractivity contribution in [3.63, 3.8) is 0 Å². The number of halogens is 1. The van der Waals surface area contributed by atoms with Gasteiger partial charge in [-0.05, 0) is 37.5 Å². The van der Waals surface area contributed by atoms with Crippen LogP contribution >= 0.6 is 0 Å². The van der Waals surface area contributed by atoms with Crippen LogP contribution in [0, 0.1) is 5.82 Å². The first-order valence-corrected chi connectivity index (χ1v) is 8.89. The van der Waals surface area contributed by atoms with Gasteiger partial charge in [0.1, 0.15) is 11.9 Å².